The van der Waals surface area contributed by atoms with Crippen LogP contribution in [0, 0.1) is 11.3 Å². The second-order valence-electron chi connectivity index (χ2n) is 10.1. The molecule has 0 aliphatic carbocycles. The van der Waals surface area contributed by atoms with Gasteiger partial charge in [-0.15, -0.1) is 0 Å². The standard InChI is InChI=1S/C27H30Br2N4O5/c1-27(2,3)38-26(35)32-12-10-20(11-13-32)36-16-23(34)31-19-6-4-17(5-7-19)22-9-8-21-18(14-30)15-33(25(28)29)24(21)37-22/h4-9,15,20,22,25H,10-13,16H2,1-3H3,(H,31,34). The number of anilines is 1. The quantitative estimate of drug-likeness (QED) is 0.379. The van der Waals surface area contributed by atoms with Crippen molar-refractivity contribution in [3.63, 3.8) is 0 Å². The van der Waals surface area contributed by atoms with Crippen molar-refractivity contribution in [2.75, 3.05) is 25.0 Å². The van der Waals surface area contributed by atoms with E-state index in [1.807, 2.05) is 57.2 Å². The van der Waals surface area contributed by atoms with Crippen LogP contribution in [0.25, 0.3) is 6.08 Å². The summed E-state index contributed by atoms with van der Waals surface area (Å²) < 4.78 is 19.0. The highest BCUT2D eigenvalue weighted by Crippen LogP contribution is 2.40. The molecule has 3 heterocycles. The number of piperidine rings is 1. The number of likely N-dealkylation sites (tertiary alicyclic amines) is 1. The van der Waals surface area contributed by atoms with Gasteiger partial charge in [-0.2, -0.15) is 5.26 Å². The van der Waals surface area contributed by atoms with Crippen molar-refractivity contribution in [1.29, 1.82) is 5.26 Å². The Balaban J connectivity index is 1.25. The zero-order chi connectivity index (χ0) is 27.4. The Morgan fingerprint density at radius 1 is 1.21 bits per heavy atom. The summed E-state index contributed by atoms with van der Waals surface area (Å²) in [5.74, 6) is 0.354. The van der Waals surface area contributed by atoms with Crippen LogP contribution < -0.4 is 10.1 Å². The fraction of sp³-hybridized carbons (Fsp3) is 0.444. The lowest BCUT2D eigenvalue weighted by molar-refractivity contribution is -0.123. The number of carbonyl (C=O) groups is 2. The lowest BCUT2D eigenvalue weighted by Gasteiger charge is -2.33. The molecule has 1 atom stereocenters. The van der Waals surface area contributed by atoms with Crippen LogP contribution in [-0.4, -0.2) is 52.9 Å². The molecule has 0 bridgehead atoms. The van der Waals surface area contributed by atoms with E-state index in [1.165, 1.54) is 0 Å². The number of nitrogens with zero attached hydrogens (tertiary/aromatic N) is 3. The topological polar surface area (TPSA) is 106 Å². The van der Waals surface area contributed by atoms with Crippen LogP contribution in [0.1, 0.15) is 60.3 Å². The van der Waals surface area contributed by atoms with Gasteiger partial charge in [0.25, 0.3) is 0 Å². The molecule has 1 unspecified atom stereocenters. The largest absolute Gasteiger partial charge is 0.466 e. The molecule has 1 saturated heterocycles. The number of alkyl halides is 2. The molecule has 4 rings (SSSR count). The van der Waals surface area contributed by atoms with E-state index in [0.717, 1.165) is 11.1 Å². The molecular formula is C27H30Br2N4O5. The number of aromatic nitrogens is 1. The van der Waals surface area contributed by atoms with E-state index in [2.05, 4.69) is 43.2 Å². The number of rotatable bonds is 6. The Morgan fingerprint density at radius 3 is 2.50 bits per heavy atom. The van der Waals surface area contributed by atoms with E-state index < -0.39 is 5.60 Å². The van der Waals surface area contributed by atoms with Gasteiger partial charge in [-0.25, -0.2) is 4.79 Å². The number of fused-ring (bicyclic) bond motifs is 1. The maximum atomic E-state index is 12.4. The SMILES string of the molecule is CC(C)(C)OC(=O)N1CCC(OCC(=O)Nc2ccc(C3C=Cc4c(C#N)cn(C(Br)Br)c4O3)cc2)CC1. The maximum absolute atomic E-state index is 12.4. The second kappa shape index (κ2) is 11.9. The Morgan fingerprint density at radius 2 is 1.89 bits per heavy atom. The van der Waals surface area contributed by atoms with Crippen molar-refractivity contribution in [3.8, 4) is 11.9 Å². The van der Waals surface area contributed by atoms with Crippen LogP contribution >= 0.6 is 31.9 Å². The number of benzene rings is 1. The first-order valence-electron chi connectivity index (χ1n) is 12.3. The van der Waals surface area contributed by atoms with Crippen LogP contribution in [0.15, 0.2) is 36.5 Å². The molecule has 2 aliphatic rings. The highest BCUT2D eigenvalue weighted by atomic mass is 79.9. The molecule has 1 aromatic carbocycles. The third-order valence-electron chi connectivity index (χ3n) is 6.10. The molecule has 9 nitrogen and oxygen atoms in total. The van der Waals surface area contributed by atoms with Crippen molar-refractivity contribution < 1.29 is 23.8 Å². The summed E-state index contributed by atoms with van der Waals surface area (Å²) in [6.07, 6.45) is 6.11. The molecule has 2 aliphatic heterocycles. The smallest absolute Gasteiger partial charge is 0.410 e. The van der Waals surface area contributed by atoms with Crippen LogP contribution in [0.2, 0.25) is 0 Å². The zero-order valence-corrected chi connectivity index (χ0v) is 24.6. The fourth-order valence-corrected chi connectivity index (χ4v) is 4.85. The summed E-state index contributed by atoms with van der Waals surface area (Å²) in [4.78, 5) is 26.3. The van der Waals surface area contributed by atoms with Crippen molar-refractivity contribution >= 4 is 55.6 Å². The van der Waals surface area contributed by atoms with Crippen molar-refractivity contribution in [2.24, 2.45) is 0 Å². The third-order valence-corrected chi connectivity index (χ3v) is 6.98. The van der Waals surface area contributed by atoms with Gasteiger partial charge in [-0.3, -0.25) is 9.36 Å². The molecule has 2 amide bonds. The summed E-state index contributed by atoms with van der Waals surface area (Å²) in [5, 5.41) is 12.3. The molecule has 0 saturated carbocycles. The Hall–Kier alpha value is -2.81. The first-order valence-corrected chi connectivity index (χ1v) is 14.1. The van der Waals surface area contributed by atoms with E-state index in [9.17, 15) is 14.9 Å². The molecular weight excluding hydrogens is 620 g/mol. The minimum Gasteiger partial charge on any atom is -0.466 e. The highest BCUT2D eigenvalue weighted by molar-refractivity contribution is 9.24. The van der Waals surface area contributed by atoms with E-state index in [4.69, 9.17) is 14.2 Å². The van der Waals surface area contributed by atoms with Gasteiger partial charge in [0, 0.05) is 25.0 Å². The molecule has 1 fully saturated rings. The summed E-state index contributed by atoms with van der Waals surface area (Å²) in [7, 11) is 0. The van der Waals surface area contributed by atoms with Gasteiger partial charge in [0.05, 0.1) is 17.2 Å². The molecule has 1 aromatic heterocycles. The van der Waals surface area contributed by atoms with E-state index in [1.54, 1.807) is 15.7 Å². The van der Waals surface area contributed by atoms with Crippen LogP contribution in [0.3, 0.4) is 0 Å². The Labute approximate surface area is 239 Å². The first-order chi connectivity index (χ1) is 18.0. The lowest BCUT2D eigenvalue weighted by atomic mass is 10.0. The van der Waals surface area contributed by atoms with E-state index in [0.29, 0.717) is 43.1 Å². The fourth-order valence-electron chi connectivity index (χ4n) is 4.24. The molecule has 0 spiro atoms. The molecule has 0 radical (unpaired) electrons. The number of hydrogen-bond donors (Lipinski definition) is 1. The molecule has 11 heteroatoms. The molecule has 1 N–H and O–H groups in total. The van der Waals surface area contributed by atoms with Gasteiger partial charge in [0.2, 0.25) is 11.8 Å². The Bertz CT molecular complexity index is 1240. The van der Waals surface area contributed by atoms with E-state index in [-0.39, 0.29) is 34.7 Å². The van der Waals surface area contributed by atoms with Gasteiger partial charge in [-0.05, 0) is 63.5 Å². The van der Waals surface area contributed by atoms with Gasteiger partial charge in [0.1, 0.15) is 28.2 Å². The van der Waals surface area contributed by atoms with Gasteiger partial charge in [-0.1, -0.05) is 44.0 Å². The number of hydrogen-bond acceptors (Lipinski definition) is 6. The highest BCUT2D eigenvalue weighted by Gasteiger charge is 2.28. The lowest BCUT2D eigenvalue weighted by Crippen LogP contribution is -2.43. The normalized spacial score (nSPS) is 17.5. The third kappa shape index (κ3) is 6.98. The molecule has 38 heavy (non-hydrogen) atoms. The van der Waals surface area contributed by atoms with E-state index >= 15 is 0 Å². The summed E-state index contributed by atoms with van der Waals surface area (Å²) in [6.45, 7) is 6.55. The van der Waals surface area contributed by atoms with Crippen molar-refractivity contribution in [1.82, 2.24) is 9.47 Å². The number of amides is 2. The average molecular weight is 650 g/mol. The van der Waals surface area contributed by atoms with Crippen molar-refractivity contribution in [2.45, 2.75) is 55.3 Å². The van der Waals surface area contributed by atoms with Crippen LogP contribution in [0.4, 0.5) is 10.5 Å². The van der Waals surface area contributed by atoms with Crippen molar-refractivity contribution in [3.05, 3.63) is 53.2 Å². The number of halogens is 2. The van der Waals surface area contributed by atoms with Crippen LogP contribution in [0.5, 0.6) is 5.88 Å². The summed E-state index contributed by atoms with van der Waals surface area (Å²) in [5.41, 5.74) is 2.31. The number of carbonyl (C=O) groups excluding carboxylic acids is 2. The maximum Gasteiger partial charge on any atom is 0.410 e. The minimum absolute atomic E-state index is 0.0609. The monoisotopic (exact) mass is 648 g/mol. The second-order valence-corrected chi connectivity index (χ2v) is 13.1. The number of nitrogens with one attached hydrogen (secondary N) is 1. The van der Waals surface area contributed by atoms with Gasteiger partial charge in [0.15, 0.2) is 0 Å². The predicted octanol–water partition coefficient (Wildman–Crippen LogP) is 6.11. The van der Waals surface area contributed by atoms with Crippen LogP contribution in [-0.2, 0) is 14.3 Å². The number of ether oxygens (including phenoxy) is 3. The first kappa shape index (κ1) is 28.2. The zero-order valence-electron chi connectivity index (χ0n) is 21.4. The average Bonchev–Trinajstić information content (AvgIpc) is 3.25. The van der Waals surface area contributed by atoms with Gasteiger partial charge < -0.3 is 24.4 Å². The Kier molecular flexibility index (Phi) is 8.85. The molecule has 202 valence electrons. The number of nitriles is 1. The van der Waals surface area contributed by atoms with Gasteiger partial charge >= 0.3 is 6.09 Å². The predicted molar refractivity (Wildman–Crippen MR) is 150 cm³/mol. The molecule has 2 aromatic rings. The summed E-state index contributed by atoms with van der Waals surface area (Å²) in [6, 6.07) is 9.60. The minimum atomic E-state index is -0.525. The summed E-state index contributed by atoms with van der Waals surface area (Å²) >= 11 is 6.93.